The van der Waals surface area contributed by atoms with Crippen molar-refractivity contribution in [3.05, 3.63) is 0 Å². The fourth-order valence-corrected chi connectivity index (χ4v) is 3.90. The smallest absolute Gasteiger partial charge is 0.312 e. The molecule has 0 saturated carbocycles. The van der Waals surface area contributed by atoms with Gasteiger partial charge in [-0.05, 0) is 6.42 Å². The maximum atomic E-state index is 12.3. The number of piperazine rings is 1. The summed E-state index contributed by atoms with van der Waals surface area (Å²) < 4.78 is 0. The lowest BCUT2D eigenvalue weighted by Gasteiger charge is -2.26. The number of urea groups is 1. The second-order valence-electron chi connectivity index (χ2n) is 7.57. The lowest BCUT2D eigenvalue weighted by atomic mass is 10.1. The largest absolute Gasteiger partial charge is 0.327 e. The van der Waals surface area contributed by atoms with Crippen molar-refractivity contribution in [1.29, 1.82) is 0 Å². The molecule has 0 radical (unpaired) electrons. The molecule has 2 saturated heterocycles. The maximum Gasteiger partial charge on any atom is 0.327 e. The van der Waals surface area contributed by atoms with Crippen molar-refractivity contribution in [3.8, 4) is 0 Å². The zero-order valence-electron chi connectivity index (χ0n) is 16.1. The van der Waals surface area contributed by atoms with Crippen molar-refractivity contribution in [2.24, 2.45) is 0 Å². The summed E-state index contributed by atoms with van der Waals surface area (Å²) in [5.74, 6) is 0.000253. The molecule has 0 aliphatic carbocycles. The third-order valence-electron chi connectivity index (χ3n) is 5.51. The van der Waals surface area contributed by atoms with Crippen molar-refractivity contribution < 1.29 is 9.59 Å². The van der Waals surface area contributed by atoms with E-state index in [0.29, 0.717) is 19.6 Å². The van der Waals surface area contributed by atoms with Crippen molar-refractivity contribution >= 4 is 11.9 Å². The van der Waals surface area contributed by atoms with E-state index < -0.39 is 0 Å². The van der Waals surface area contributed by atoms with Crippen LogP contribution in [0.25, 0.3) is 0 Å². The monoisotopic (exact) mass is 351 g/mol. The van der Waals surface area contributed by atoms with E-state index in [1.807, 2.05) is 0 Å². The lowest BCUT2D eigenvalue weighted by molar-refractivity contribution is -0.128. The standard InChI is InChI=1S/C20H37N3O2/c1-2-3-4-5-6-7-8-9-10-11-12-13-15-23-19(24)18-17-21-14-16-22(18)20(23)25/h18,21H,2-17H2,1H3/t18-/m0/s1. The van der Waals surface area contributed by atoms with Gasteiger partial charge in [-0.2, -0.15) is 0 Å². The van der Waals surface area contributed by atoms with Gasteiger partial charge in [0.25, 0.3) is 5.91 Å². The molecule has 2 aliphatic heterocycles. The highest BCUT2D eigenvalue weighted by Crippen LogP contribution is 2.20. The molecule has 5 nitrogen and oxygen atoms in total. The predicted octanol–water partition coefficient (Wildman–Crippen LogP) is 3.92. The Kier molecular flexibility index (Phi) is 9.30. The van der Waals surface area contributed by atoms with Gasteiger partial charge in [0.15, 0.2) is 0 Å². The summed E-state index contributed by atoms with van der Waals surface area (Å²) >= 11 is 0. The van der Waals surface area contributed by atoms with Crippen LogP contribution < -0.4 is 5.32 Å². The zero-order chi connectivity index (χ0) is 17.9. The average Bonchev–Trinajstić information content (AvgIpc) is 2.87. The van der Waals surface area contributed by atoms with Crippen LogP contribution in [0.5, 0.6) is 0 Å². The third-order valence-corrected chi connectivity index (χ3v) is 5.51. The number of carbonyl (C=O) groups is 2. The molecule has 0 spiro atoms. The molecule has 144 valence electrons. The maximum absolute atomic E-state index is 12.3. The van der Waals surface area contributed by atoms with Crippen LogP contribution >= 0.6 is 0 Å². The van der Waals surface area contributed by atoms with E-state index in [-0.39, 0.29) is 18.0 Å². The molecule has 1 atom stereocenters. The SMILES string of the molecule is CCCCCCCCCCCCCCN1C(=O)[C@@H]2CNCCN2C1=O. The van der Waals surface area contributed by atoms with Gasteiger partial charge in [0.05, 0.1) is 0 Å². The molecule has 3 amide bonds. The number of hydrogen-bond donors (Lipinski definition) is 1. The van der Waals surface area contributed by atoms with E-state index in [1.54, 1.807) is 4.90 Å². The summed E-state index contributed by atoms with van der Waals surface area (Å²) in [5, 5.41) is 3.20. The summed E-state index contributed by atoms with van der Waals surface area (Å²) in [7, 11) is 0. The quantitative estimate of drug-likeness (QED) is 0.404. The molecule has 2 aliphatic rings. The Hall–Kier alpha value is -1.10. The molecule has 2 rings (SSSR count). The van der Waals surface area contributed by atoms with Crippen LogP contribution in [0.3, 0.4) is 0 Å². The third kappa shape index (κ3) is 6.28. The summed E-state index contributed by atoms with van der Waals surface area (Å²) in [6.07, 6.45) is 15.6. The van der Waals surface area contributed by atoms with E-state index in [0.717, 1.165) is 19.4 Å². The molecule has 1 N–H and O–H groups in total. The second-order valence-corrected chi connectivity index (χ2v) is 7.57. The van der Waals surface area contributed by atoms with Crippen molar-refractivity contribution in [2.45, 2.75) is 90.0 Å². The number of unbranched alkanes of at least 4 members (excludes halogenated alkanes) is 11. The van der Waals surface area contributed by atoms with Crippen LogP contribution in [0.2, 0.25) is 0 Å². The van der Waals surface area contributed by atoms with Crippen LogP contribution in [-0.2, 0) is 4.79 Å². The van der Waals surface area contributed by atoms with Gasteiger partial charge in [-0.25, -0.2) is 4.79 Å². The van der Waals surface area contributed by atoms with E-state index in [9.17, 15) is 9.59 Å². The number of nitrogens with zero attached hydrogens (tertiary/aromatic N) is 2. The summed E-state index contributed by atoms with van der Waals surface area (Å²) in [4.78, 5) is 27.8. The summed E-state index contributed by atoms with van der Waals surface area (Å²) in [5.41, 5.74) is 0. The van der Waals surface area contributed by atoms with E-state index in [2.05, 4.69) is 12.2 Å². The van der Waals surface area contributed by atoms with Crippen molar-refractivity contribution in [3.63, 3.8) is 0 Å². The van der Waals surface area contributed by atoms with E-state index >= 15 is 0 Å². The van der Waals surface area contributed by atoms with Gasteiger partial charge in [0, 0.05) is 26.2 Å². The number of hydrogen-bond acceptors (Lipinski definition) is 3. The fraction of sp³-hybridized carbons (Fsp3) is 0.900. The minimum atomic E-state index is -0.251. The van der Waals surface area contributed by atoms with Crippen LogP contribution in [0.15, 0.2) is 0 Å². The molecule has 0 aromatic rings. The van der Waals surface area contributed by atoms with Gasteiger partial charge < -0.3 is 10.2 Å². The number of carbonyl (C=O) groups excluding carboxylic acids is 2. The first-order valence-electron chi connectivity index (χ1n) is 10.6. The van der Waals surface area contributed by atoms with Crippen molar-refractivity contribution in [1.82, 2.24) is 15.1 Å². The molecule has 0 unspecified atom stereocenters. The highest BCUT2D eigenvalue weighted by molar-refractivity contribution is 6.04. The number of rotatable bonds is 13. The van der Waals surface area contributed by atoms with Gasteiger partial charge in [-0.15, -0.1) is 0 Å². The van der Waals surface area contributed by atoms with Crippen LogP contribution in [-0.4, -0.2) is 54.0 Å². The first-order chi connectivity index (χ1) is 12.3. The van der Waals surface area contributed by atoms with Gasteiger partial charge in [-0.3, -0.25) is 9.69 Å². The van der Waals surface area contributed by atoms with E-state index in [4.69, 9.17) is 0 Å². The summed E-state index contributed by atoms with van der Waals surface area (Å²) in [6.45, 7) is 4.92. The number of amides is 3. The van der Waals surface area contributed by atoms with Gasteiger partial charge in [0.2, 0.25) is 0 Å². The highest BCUT2D eigenvalue weighted by Gasteiger charge is 2.45. The highest BCUT2D eigenvalue weighted by atomic mass is 16.2. The Labute approximate surface area is 153 Å². The minimum Gasteiger partial charge on any atom is -0.312 e. The van der Waals surface area contributed by atoms with Crippen molar-refractivity contribution in [2.75, 3.05) is 26.2 Å². The molecule has 2 fully saturated rings. The molecule has 0 aromatic heterocycles. The first-order valence-corrected chi connectivity index (χ1v) is 10.6. The van der Waals surface area contributed by atoms with Gasteiger partial charge in [0.1, 0.15) is 6.04 Å². The Morgan fingerprint density at radius 1 is 0.880 bits per heavy atom. The predicted molar refractivity (Wildman–Crippen MR) is 102 cm³/mol. The van der Waals surface area contributed by atoms with Gasteiger partial charge in [-0.1, -0.05) is 77.6 Å². The molecule has 2 heterocycles. The Bertz CT molecular complexity index is 390. The topological polar surface area (TPSA) is 52.7 Å². The van der Waals surface area contributed by atoms with E-state index in [1.165, 1.54) is 69.1 Å². The Morgan fingerprint density at radius 2 is 1.44 bits per heavy atom. The molecular formula is C20H37N3O2. The lowest BCUT2D eigenvalue weighted by Crippen LogP contribution is -2.51. The first kappa shape index (κ1) is 20.2. The van der Waals surface area contributed by atoms with Crippen LogP contribution in [0.4, 0.5) is 4.79 Å². The molecule has 0 bridgehead atoms. The number of imide groups is 1. The number of nitrogens with one attached hydrogen (secondary N) is 1. The zero-order valence-corrected chi connectivity index (χ0v) is 16.1. The fourth-order valence-electron chi connectivity index (χ4n) is 3.90. The molecule has 5 heteroatoms. The van der Waals surface area contributed by atoms with Crippen LogP contribution in [0.1, 0.15) is 84.0 Å². The average molecular weight is 352 g/mol. The molecule has 25 heavy (non-hydrogen) atoms. The Morgan fingerprint density at radius 3 is 2.00 bits per heavy atom. The molecular weight excluding hydrogens is 314 g/mol. The second kappa shape index (κ2) is 11.5. The molecule has 0 aromatic carbocycles. The number of fused-ring (bicyclic) bond motifs is 1. The normalized spacial score (nSPS) is 20.4. The van der Waals surface area contributed by atoms with Crippen LogP contribution in [0, 0.1) is 0 Å². The Balaban J connectivity index is 1.45. The van der Waals surface area contributed by atoms with Gasteiger partial charge >= 0.3 is 6.03 Å². The minimum absolute atomic E-state index is 0.000253. The summed E-state index contributed by atoms with van der Waals surface area (Å²) in [6, 6.07) is -0.321.